The average molecular weight is 278 g/mol. The Balaban J connectivity index is 2.36. The van der Waals surface area contributed by atoms with Crippen molar-refractivity contribution in [3.63, 3.8) is 0 Å². The number of hydrogen-bond acceptors (Lipinski definition) is 2. The Kier molecular flexibility index (Phi) is 4.02. The highest BCUT2D eigenvalue weighted by Crippen LogP contribution is 2.29. The third kappa shape index (κ3) is 2.65. The van der Waals surface area contributed by atoms with Crippen LogP contribution in [-0.4, -0.2) is 23.4 Å². The van der Waals surface area contributed by atoms with Crippen LogP contribution in [0.25, 0.3) is 0 Å². The quantitative estimate of drug-likeness (QED) is 0.802. The highest BCUT2D eigenvalue weighted by molar-refractivity contribution is 5.96. The molecule has 3 unspecified atom stereocenters. The van der Waals surface area contributed by atoms with Gasteiger partial charge in [-0.05, 0) is 49.8 Å². The van der Waals surface area contributed by atoms with Gasteiger partial charge in [-0.15, -0.1) is 0 Å². The number of carbonyl (C=O) groups excluding carboxylic acids is 1. The monoisotopic (exact) mass is 278 g/mol. The zero-order valence-electron chi connectivity index (χ0n) is 12.6. The van der Waals surface area contributed by atoms with Crippen LogP contribution in [0, 0.1) is 24.6 Å². The van der Waals surface area contributed by atoms with Crippen molar-refractivity contribution in [2.45, 2.75) is 40.2 Å². The van der Waals surface area contributed by atoms with Gasteiger partial charge in [-0.25, -0.2) is 4.39 Å². The molecule has 0 aliphatic carbocycles. The Morgan fingerprint density at radius 3 is 2.65 bits per heavy atom. The predicted molar refractivity (Wildman–Crippen MR) is 79.0 cm³/mol. The van der Waals surface area contributed by atoms with Crippen molar-refractivity contribution in [2.75, 3.05) is 12.3 Å². The summed E-state index contributed by atoms with van der Waals surface area (Å²) in [5, 5.41) is 0. The molecule has 0 bridgehead atoms. The van der Waals surface area contributed by atoms with Crippen LogP contribution >= 0.6 is 0 Å². The molecule has 0 saturated carbocycles. The standard InChI is InChI=1S/C16H23FN2O/c1-9-5-10(2)12(4)19(8-9)16(20)14-7-13(18)6-11(3)15(14)17/h6-7,9-10,12H,5,8,18H2,1-4H3. The van der Waals surface area contributed by atoms with Gasteiger partial charge in [0, 0.05) is 18.3 Å². The molecule has 20 heavy (non-hydrogen) atoms. The number of anilines is 1. The topological polar surface area (TPSA) is 46.3 Å². The normalized spacial score (nSPS) is 26.6. The molecule has 1 heterocycles. The molecule has 2 N–H and O–H groups in total. The minimum absolute atomic E-state index is 0.0932. The van der Waals surface area contributed by atoms with Crippen molar-refractivity contribution < 1.29 is 9.18 Å². The molecule has 4 heteroatoms. The fourth-order valence-corrected chi connectivity index (χ4v) is 3.09. The van der Waals surface area contributed by atoms with Gasteiger partial charge in [0.2, 0.25) is 0 Å². The summed E-state index contributed by atoms with van der Waals surface area (Å²) in [6, 6.07) is 3.12. The van der Waals surface area contributed by atoms with E-state index >= 15 is 0 Å². The number of halogens is 1. The summed E-state index contributed by atoms with van der Waals surface area (Å²) in [7, 11) is 0. The van der Waals surface area contributed by atoms with Crippen LogP contribution < -0.4 is 5.73 Å². The van der Waals surface area contributed by atoms with E-state index in [-0.39, 0.29) is 17.5 Å². The molecular formula is C16H23FN2O. The van der Waals surface area contributed by atoms with Gasteiger partial charge in [-0.2, -0.15) is 0 Å². The van der Waals surface area contributed by atoms with E-state index in [2.05, 4.69) is 13.8 Å². The van der Waals surface area contributed by atoms with Gasteiger partial charge in [-0.3, -0.25) is 4.79 Å². The molecule has 0 spiro atoms. The molecule has 2 rings (SSSR count). The second kappa shape index (κ2) is 5.43. The van der Waals surface area contributed by atoms with E-state index in [4.69, 9.17) is 5.73 Å². The smallest absolute Gasteiger partial charge is 0.257 e. The summed E-state index contributed by atoms with van der Waals surface area (Å²) in [5.41, 5.74) is 6.69. The summed E-state index contributed by atoms with van der Waals surface area (Å²) in [6.45, 7) is 8.61. The zero-order chi connectivity index (χ0) is 15.0. The van der Waals surface area contributed by atoms with E-state index in [1.165, 1.54) is 6.07 Å². The third-order valence-electron chi connectivity index (χ3n) is 4.37. The van der Waals surface area contributed by atoms with Gasteiger partial charge in [0.05, 0.1) is 5.56 Å². The van der Waals surface area contributed by atoms with Gasteiger partial charge in [-0.1, -0.05) is 13.8 Å². The number of benzene rings is 1. The van der Waals surface area contributed by atoms with Crippen LogP contribution in [0.3, 0.4) is 0 Å². The van der Waals surface area contributed by atoms with Crippen LogP contribution in [0.1, 0.15) is 43.1 Å². The van der Waals surface area contributed by atoms with Crippen molar-refractivity contribution in [3.05, 3.63) is 29.1 Å². The number of carbonyl (C=O) groups is 1. The maximum Gasteiger partial charge on any atom is 0.257 e. The Morgan fingerprint density at radius 2 is 2.00 bits per heavy atom. The van der Waals surface area contributed by atoms with Crippen LogP contribution in [-0.2, 0) is 0 Å². The van der Waals surface area contributed by atoms with Crippen molar-refractivity contribution >= 4 is 11.6 Å². The summed E-state index contributed by atoms with van der Waals surface area (Å²) in [6.07, 6.45) is 1.10. The molecule has 1 aromatic carbocycles. The lowest BCUT2D eigenvalue weighted by atomic mass is 9.85. The molecule has 0 aromatic heterocycles. The van der Waals surface area contributed by atoms with E-state index in [0.717, 1.165) is 6.42 Å². The van der Waals surface area contributed by atoms with E-state index in [1.807, 2.05) is 6.92 Å². The maximum absolute atomic E-state index is 14.2. The summed E-state index contributed by atoms with van der Waals surface area (Å²) >= 11 is 0. The second-order valence-electron chi connectivity index (χ2n) is 6.22. The lowest BCUT2D eigenvalue weighted by Gasteiger charge is -2.41. The van der Waals surface area contributed by atoms with Gasteiger partial charge >= 0.3 is 0 Å². The van der Waals surface area contributed by atoms with Crippen molar-refractivity contribution in [2.24, 2.45) is 11.8 Å². The van der Waals surface area contributed by atoms with Crippen molar-refractivity contribution in [3.8, 4) is 0 Å². The third-order valence-corrected chi connectivity index (χ3v) is 4.37. The molecule has 1 aliphatic rings. The molecule has 3 nitrogen and oxygen atoms in total. The first-order chi connectivity index (χ1) is 9.31. The summed E-state index contributed by atoms with van der Waals surface area (Å²) < 4.78 is 14.2. The van der Waals surface area contributed by atoms with Crippen molar-refractivity contribution in [1.82, 2.24) is 4.90 Å². The molecule has 110 valence electrons. The number of nitrogens with two attached hydrogens (primary N) is 1. The maximum atomic E-state index is 14.2. The molecule has 3 atom stereocenters. The lowest BCUT2D eigenvalue weighted by molar-refractivity contribution is 0.0451. The number of aryl methyl sites for hydroxylation is 1. The van der Waals surface area contributed by atoms with E-state index in [0.29, 0.717) is 29.6 Å². The Hall–Kier alpha value is -1.58. The number of likely N-dealkylation sites (tertiary alicyclic amines) is 1. The number of hydrogen-bond donors (Lipinski definition) is 1. The Bertz CT molecular complexity index is 529. The molecule has 1 fully saturated rings. The lowest BCUT2D eigenvalue weighted by Crippen LogP contribution is -2.49. The number of rotatable bonds is 1. The molecular weight excluding hydrogens is 255 g/mol. The number of piperidine rings is 1. The van der Waals surface area contributed by atoms with Gasteiger partial charge < -0.3 is 10.6 Å². The van der Waals surface area contributed by atoms with Crippen LogP contribution in [0.2, 0.25) is 0 Å². The minimum Gasteiger partial charge on any atom is -0.399 e. The number of amides is 1. The minimum atomic E-state index is -0.456. The second-order valence-corrected chi connectivity index (χ2v) is 6.22. The first-order valence-electron chi connectivity index (χ1n) is 7.17. The van der Waals surface area contributed by atoms with Gasteiger partial charge in [0.15, 0.2) is 0 Å². The highest BCUT2D eigenvalue weighted by atomic mass is 19.1. The summed E-state index contributed by atoms with van der Waals surface area (Å²) in [4.78, 5) is 14.4. The SMILES string of the molecule is Cc1cc(N)cc(C(=O)N2CC(C)CC(C)C2C)c1F. The zero-order valence-corrected chi connectivity index (χ0v) is 12.6. The van der Waals surface area contributed by atoms with E-state index in [9.17, 15) is 9.18 Å². The van der Waals surface area contributed by atoms with Crippen LogP contribution in [0.4, 0.5) is 10.1 Å². The molecule has 1 aliphatic heterocycles. The fraction of sp³-hybridized carbons (Fsp3) is 0.562. The first-order valence-corrected chi connectivity index (χ1v) is 7.17. The van der Waals surface area contributed by atoms with E-state index in [1.54, 1.807) is 17.9 Å². The number of nitrogen functional groups attached to an aromatic ring is 1. The Morgan fingerprint density at radius 1 is 1.35 bits per heavy atom. The molecule has 0 radical (unpaired) electrons. The first kappa shape index (κ1) is 14.8. The molecule has 1 aromatic rings. The number of nitrogens with zero attached hydrogens (tertiary/aromatic N) is 1. The average Bonchev–Trinajstić information content (AvgIpc) is 2.37. The van der Waals surface area contributed by atoms with E-state index < -0.39 is 5.82 Å². The van der Waals surface area contributed by atoms with Crippen LogP contribution in [0.5, 0.6) is 0 Å². The Labute approximate surface area is 120 Å². The van der Waals surface area contributed by atoms with Gasteiger partial charge in [0.1, 0.15) is 5.82 Å². The fourth-order valence-electron chi connectivity index (χ4n) is 3.09. The van der Waals surface area contributed by atoms with Crippen molar-refractivity contribution in [1.29, 1.82) is 0 Å². The predicted octanol–water partition coefficient (Wildman–Crippen LogP) is 3.22. The van der Waals surface area contributed by atoms with Gasteiger partial charge in [0.25, 0.3) is 5.91 Å². The summed E-state index contributed by atoms with van der Waals surface area (Å²) in [5.74, 6) is 0.161. The molecule has 1 saturated heterocycles. The largest absolute Gasteiger partial charge is 0.399 e. The highest BCUT2D eigenvalue weighted by Gasteiger charge is 2.33. The molecule has 1 amide bonds. The van der Waals surface area contributed by atoms with Crippen LogP contribution in [0.15, 0.2) is 12.1 Å².